The summed E-state index contributed by atoms with van der Waals surface area (Å²) in [6, 6.07) is 2.71. The Bertz CT molecular complexity index is 787. The van der Waals surface area contributed by atoms with Gasteiger partial charge in [-0.25, -0.2) is 14.0 Å². The van der Waals surface area contributed by atoms with Gasteiger partial charge in [-0.15, -0.1) is 0 Å². The fraction of sp³-hybridized carbons (Fsp3) is 0.125. The Morgan fingerprint density at radius 1 is 1.08 bits per heavy atom. The van der Waals surface area contributed by atoms with Crippen LogP contribution in [0.3, 0.4) is 0 Å². The molecule has 1 heterocycles. The second-order valence-electron chi connectivity index (χ2n) is 4.51. The van der Waals surface area contributed by atoms with Crippen LogP contribution in [0.15, 0.2) is 47.8 Å². The minimum absolute atomic E-state index is 0.0200. The van der Waals surface area contributed by atoms with Crippen molar-refractivity contribution < 1.29 is 23.5 Å². The highest BCUT2D eigenvalue weighted by Gasteiger charge is 2.29. The van der Waals surface area contributed by atoms with Crippen LogP contribution in [-0.4, -0.2) is 26.2 Å². The number of nitrogens with zero attached hydrogens (tertiary/aromatic N) is 1. The van der Waals surface area contributed by atoms with E-state index in [0.717, 1.165) is 12.0 Å². The molecule has 0 saturated heterocycles. The lowest BCUT2D eigenvalue weighted by Gasteiger charge is -2.23. The van der Waals surface area contributed by atoms with E-state index in [-0.39, 0.29) is 27.0 Å². The highest BCUT2D eigenvalue weighted by Crippen LogP contribution is 2.35. The molecule has 0 N–H and O–H groups in total. The fourth-order valence-corrected chi connectivity index (χ4v) is 2.36. The van der Waals surface area contributed by atoms with Crippen LogP contribution in [0.4, 0.5) is 10.1 Å². The normalized spacial score (nSPS) is 13.8. The lowest BCUT2D eigenvalue weighted by atomic mass is 10.1. The summed E-state index contributed by atoms with van der Waals surface area (Å²) in [6.45, 7) is 0. The average Bonchev–Trinajstić information content (AvgIpc) is 2.81. The van der Waals surface area contributed by atoms with Crippen molar-refractivity contribution in [1.29, 1.82) is 0 Å². The fourth-order valence-electron chi connectivity index (χ4n) is 2.05. The van der Waals surface area contributed by atoms with Crippen LogP contribution in [0, 0.1) is 5.82 Å². The summed E-state index contributed by atoms with van der Waals surface area (Å²) in [5.41, 5.74) is -0.391. The third-order valence-electron chi connectivity index (χ3n) is 3.16. The number of benzene rings is 1. The molecule has 0 unspecified atom stereocenters. The summed E-state index contributed by atoms with van der Waals surface area (Å²) in [6.07, 6.45) is 5.77. The molecule has 24 heavy (non-hydrogen) atoms. The van der Waals surface area contributed by atoms with E-state index in [0.29, 0.717) is 0 Å². The zero-order valence-electron chi connectivity index (χ0n) is 12.7. The standard InChI is InChI=1S/C16H12Cl2FNO4/c1-23-15(21)9-5-3-4-8-20(14(9)16(22)24-2)11-7-6-10(17)12(18)13(11)19/h3-8H,1-2H3. The number of esters is 2. The third kappa shape index (κ3) is 3.29. The summed E-state index contributed by atoms with van der Waals surface area (Å²) >= 11 is 11.6. The largest absolute Gasteiger partial charge is 0.465 e. The maximum atomic E-state index is 14.5. The minimum atomic E-state index is -0.850. The highest BCUT2D eigenvalue weighted by atomic mass is 35.5. The molecule has 0 bridgehead atoms. The first kappa shape index (κ1) is 18.0. The van der Waals surface area contributed by atoms with E-state index in [2.05, 4.69) is 4.74 Å². The van der Waals surface area contributed by atoms with Gasteiger partial charge >= 0.3 is 11.9 Å². The Morgan fingerprint density at radius 3 is 2.38 bits per heavy atom. The first-order valence-electron chi connectivity index (χ1n) is 6.60. The molecule has 2 rings (SSSR count). The van der Waals surface area contributed by atoms with Crippen LogP contribution >= 0.6 is 23.2 Å². The molecule has 0 radical (unpaired) electrons. The molecule has 0 fully saturated rings. The molecule has 126 valence electrons. The van der Waals surface area contributed by atoms with Gasteiger partial charge in [-0.05, 0) is 24.3 Å². The van der Waals surface area contributed by atoms with Crippen molar-refractivity contribution in [3.8, 4) is 0 Å². The van der Waals surface area contributed by atoms with Crippen molar-refractivity contribution in [2.75, 3.05) is 19.1 Å². The number of carbonyl (C=O) groups is 2. The molecule has 1 aromatic rings. The highest BCUT2D eigenvalue weighted by molar-refractivity contribution is 6.42. The van der Waals surface area contributed by atoms with Crippen LogP contribution in [0.1, 0.15) is 0 Å². The van der Waals surface area contributed by atoms with Gasteiger partial charge in [-0.1, -0.05) is 29.3 Å². The van der Waals surface area contributed by atoms with E-state index < -0.39 is 17.8 Å². The van der Waals surface area contributed by atoms with Gasteiger partial charge in [0.15, 0.2) is 5.82 Å². The Kier molecular flexibility index (Phi) is 5.64. The van der Waals surface area contributed by atoms with Gasteiger partial charge in [0.1, 0.15) is 5.70 Å². The summed E-state index contributed by atoms with van der Waals surface area (Å²) < 4.78 is 23.9. The molecular weight excluding hydrogens is 360 g/mol. The van der Waals surface area contributed by atoms with Gasteiger partial charge in [0, 0.05) is 6.20 Å². The number of halogens is 3. The van der Waals surface area contributed by atoms with Gasteiger partial charge in [0.05, 0.1) is 35.5 Å². The summed E-state index contributed by atoms with van der Waals surface area (Å²) in [4.78, 5) is 25.4. The number of rotatable bonds is 3. The Hall–Kier alpha value is -2.31. The summed E-state index contributed by atoms with van der Waals surface area (Å²) in [7, 11) is 2.31. The molecule has 8 heteroatoms. The number of ether oxygens (including phenoxy) is 2. The lowest BCUT2D eigenvalue weighted by molar-refractivity contribution is -0.139. The van der Waals surface area contributed by atoms with Crippen molar-refractivity contribution in [3.63, 3.8) is 0 Å². The Labute approximate surface area is 147 Å². The van der Waals surface area contributed by atoms with E-state index in [1.165, 1.54) is 43.7 Å². The van der Waals surface area contributed by atoms with Crippen molar-refractivity contribution in [1.82, 2.24) is 0 Å². The SMILES string of the molecule is COC(=O)C1=C(C(=O)OC)N(c2ccc(Cl)c(Cl)c2F)C=CC=C1. The molecule has 1 aliphatic heterocycles. The van der Waals surface area contributed by atoms with E-state index >= 15 is 0 Å². The van der Waals surface area contributed by atoms with Gasteiger partial charge in [0.25, 0.3) is 0 Å². The Balaban J connectivity index is 2.73. The topological polar surface area (TPSA) is 55.8 Å². The van der Waals surface area contributed by atoms with E-state index in [1.54, 1.807) is 0 Å². The molecule has 0 aliphatic carbocycles. The molecule has 0 amide bonds. The van der Waals surface area contributed by atoms with Crippen LogP contribution in [0.25, 0.3) is 0 Å². The molecule has 5 nitrogen and oxygen atoms in total. The Morgan fingerprint density at radius 2 is 1.75 bits per heavy atom. The predicted octanol–water partition coefficient (Wildman–Crippen LogP) is 3.62. The van der Waals surface area contributed by atoms with Gasteiger partial charge in [0.2, 0.25) is 0 Å². The second kappa shape index (κ2) is 7.51. The van der Waals surface area contributed by atoms with Gasteiger partial charge in [-0.3, -0.25) is 0 Å². The van der Waals surface area contributed by atoms with Crippen molar-refractivity contribution in [2.24, 2.45) is 0 Å². The minimum Gasteiger partial charge on any atom is -0.465 e. The van der Waals surface area contributed by atoms with E-state index in [9.17, 15) is 14.0 Å². The number of carbonyl (C=O) groups excluding carboxylic acids is 2. The summed E-state index contributed by atoms with van der Waals surface area (Å²) in [5.74, 6) is -2.47. The number of methoxy groups -OCH3 is 2. The molecule has 1 aromatic carbocycles. The van der Waals surface area contributed by atoms with Crippen LogP contribution in [-0.2, 0) is 19.1 Å². The number of hydrogen-bond acceptors (Lipinski definition) is 5. The maximum absolute atomic E-state index is 14.5. The molecule has 1 aliphatic rings. The lowest BCUT2D eigenvalue weighted by Crippen LogP contribution is -2.27. The monoisotopic (exact) mass is 371 g/mol. The molecule has 0 aromatic heterocycles. The second-order valence-corrected chi connectivity index (χ2v) is 5.30. The first-order valence-corrected chi connectivity index (χ1v) is 7.36. The van der Waals surface area contributed by atoms with Crippen molar-refractivity contribution >= 4 is 40.8 Å². The van der Waals surface area contributed by atoms with Gasteiger partial charge < -0.3 is 14.4 Å². The average molecular weight is 372 g/mol. The first-order chi connectivity index (χ1) is 11.4. The van der Waals surface area contributed by atoms with E-state index in [4.69, 9.17) is 27.9 Å². The smallest absolute Gasteiger partial charge is 0.355 e. The molecular formula is C16H12Cl2FNO4. The van der Waals surface area contributed by atoms with Crippen LogP contribution in [0.2, 0.25) is 10.0 Å². The van der Waals surface area contributed by atoms with Crippen molar-refractivity contribution in [2.45, 2.75) is 0 Å². The van der Waals surface area contributed by atoms with Crippen molar-refractivity contribution in [3.05, 3.63) is 63.7 Å². The quantitative estimate of drug-likeness (QED) is 0.599. The number of allylic oxidation sites excluding steroid dienone is 2. The van der Waals surface area contributed by atoms with E-state index in [1.807, 2.05) is 0 Å². The maximum Gasteiger partial charge on any atom is 0.355 e. The van der Waals surface area contributed by atoms with Crippen LogP contribution < -0.4 is 4.90 Å². The zero-order chi connectivity index (χ0) is 17.9. The predicted molar refractivity (Wildman–Crippen MR) is 88.2 cm³/mol. The molecule has 0 spiro atoms. The number of anilines is 1. The van der Waals surface area contributed by atoms with Crippen LogP contribution in [0.5, 0.6) is 0 Å². The summed E-state index contributed by atoms with van der Waals surface area (Å²) in [5, 5.41) is -0.282. The third-order valence-corrected chi connectivity index (χ3v) is 3.94. The zero-order valence-corrected chi connectivity index (χ0v) is 14.2. The molecule has 0 saturated carbocycles. The van der Waals surface area contributed by atoms with Gasteiger partial charge in [-0.2, -0.15) is 0 Å². The number of hydrogen-bond donors (Lipinski definition) is 0. The molecule has 0 atom stereocenters.